The van der Waals surface area contributed by atoms with Crippen molar-refractivity contribution in [1.82, 2.24) is 9.97 Å². The third kappa shape index (κ3) is 2.62. The third-order valence-corrected chi connectivity index (χ3v) is 2.83. The second-order valence-electron chi connectivity index (χ2n) is 3.45. The summed E-state index contributed by atoms with van der Waals surface area (Å²) in [6.45, 7) is 3.56. The van der Waals surface area contributed by atoms with Gasteiger partial charge >= 0.3 is 0 Å². The first-order chi connectivity index (χ1) is 7.65. The Morgan fingerprint density at radius 2 is 2.25 bits per heavy atom. The van der Waals surface area contributed by atoms with Gasteiger partial charge in [-0.05, 0) is 37.7 Å². The lowest BCUT2D eigenvalue weighted by Crippen LogP contribution is -1.94. The summed E-state index contributed by atoms with van der Waals surface area (Å²) in [5.41, 5.74) is 1.52. The van der Waals surface area contributed by atoms with Gasteiger partial charge in [-0.2, -0.15) is 0 Å². The Kier molecular flexibility index (Phi) is 3.26. The maximum absolute atomic E-state index is 9.31. The van der Waals surface area contributed by atoms with E-state index in [2.05, 4.69) is 9.97 Å². The van der Waals surface area contributed by atoms with E-state index in [4.69, 9.17) is 4.42 Å². The van der Waals surface area contributed by atoms with Gasteiger partial charge < -0.3 is 9.52 Å². The molecule has 2 aromatic rings. The van der Waals surface area contributed by atoms with Crippen LogP contribution in [0.1, 0.15) is 24.4 Å². The molecule has 0 fully saturated rings. The Morgan fingerprint density at radius 3 is 2.75 bits per heavy atom. The standard InChI is InChI=1S/C11H12N2O2S/c1-7-6-15-11(13-7)16-9-3-4-10(8(2)14)12-5-9/h3-6,8,14H,1-2H3/t8-/m0/s1. The van der Waals surface area contributed by atoms with Crippen molar-refractivity contribution in [3.63, 3.8) is 0 Å². The van der Waals surface area contributed by atoms with E-state index in [0.717, 1.165) is 10.6 Å². The molecule has 1 N–H and O–H groups in total. The molecule has 0 saturated carbocycles. The Hall–Kier alpha value is -1.33. The van der Waals surface area contributed by atoms with Crippen LogP contribution >= 0.6 is 11.8 Å². The average Bonchev–Trinajstić information content (AvgIpc) is 2.65. The molecule has 5 heteroatoms. The number of nitrogens with zero attached hydrogens (tertiary/aromatic N) is 2. The zero-order chi connectivity index (χ0) is 11.5. The Bertz CT molecular complexity index is 465. The summed E-state index contributed by atoms with van der Waals surface area (Å²) >= 11 is 1.41. The smallest absolute Gasteiger partial charge is 0.260 e. The summed E-state index contributed by atoms with van der Waals surface area (Å²) in [6, 6.07) is 3.68. The predicted octanol–water partition coefficient (Wildman–Crippen LogP) is 2.58. The Balaban J connectivity index is 2.11. The van der Waals surface area contributed by atoms with Gasteiger partial charge in [-0.3, -0.25) is 4.98 Å². The van der Waals surface area contributed by atoms with E-state index < -0.39 is 6.10 Å². The molecule has 4 nitrogen and oxygen atoms in total. The highest BCUT2D eigenvalue weighted by atomic mass is 32.2. The fourth-order valence-electron chi connectivity index (χ4n) is 1.18. The zero-order valence-electron chi connectivity index (χ0n) is 9.04. The van der Waals surface area contributed by atoms with Crippen molar-refractivity contribution >= 4 is 11.8 Å². The van der Waals surface area contributed by atoms with E-state index in [1.807, 2.05) is 13.0 Å². The van der Waals surface area contributed by atoms with Gasteiger partial charge in [-0.25, -0.2) is 4.98 Å². The number of rotatable bonds is 3. The maximum Gasteiger partial charge on any atom is 0.260 e. The van der Waals surface area contributed by atoms with E-state index in [0.29, 0.717) is 10.9 Å². The quantitative estimate of drug-likeness (QED) is 0.887. The van der Waals surface area contributed by atoms with Crippen LogP contribution in [0.5, 0.6) is 0 Å². The number of oxazole rings is 1. The van der Waals surface area contributed by atoms with E-state index in [-0.39, 0.29) is 0 Å². The number of aliphatic hydroxyl groups is 1. The minimum atomic E-state index is -0.539. The van der Waals surface area contributed by atoms with Crippen LogP contribution in [0.3, 0.4) is 0 Å². The molecule has 0 spiro atoms. The van der Waals surface area contributed by atoms with Crippen LogP contribution in [-0.4, -0.2) is 15.1 Å². The van der Waals surface area contributed by atoms with Crippen LogP contribution in [0.2, 0.25) is 0 Å². The number of pyridine rings is 1. The molecular formula is C11H12N2O2S. The summed E-state index contributed by atoms with van der Waals surface area (Å²) in [6.07, 6.45) is 2.77. The van der Waals surface area contributed by atoms with Crippen LogP contribution in [0, 0.1) is 6.92 Å². The molecule has 0 radical (unpaired) electrons. The molecular weight excluding hydrogens is 224 g/mol. The summed E-state index contributed by atoms with van der Waals surface area (Å²) in [4.78, 5) is 9.26. The normalized spacial score (nSPS) is 12.7. The van der Waals surface area contributed by atoms with Crippen LogP contribution < -0.4 is 0 Å². The van der Waals surface area contributed by atoms with Crippen molar-refractivity contribution in [2.45, 2.75) is 30.1 Å². The molecule has 2 rings (SSSR count). The lowest BCUT2D eigenvalue weighted by Gasteiger charge is -2.03. The Morgan fingerprint density at radius 1 is 1.44 bits per heavy atom. The molecule has 1 atom stereocenters. The third-order valence-electron chi connectivity index (χ3n) is 1.99. The molecule has 0 amide bonds. The fourth-order valence-corrected chi connectivity index (χ4v) is 1.91. The molecule has 0 aliphatic carbocycles. The van der Waals surface area contributed by atoms with Crippen molar-refractivity contribution in [3.05, 3.63) is 36.0 Å². The maximum atomic E-state index is 9.31. The highest BCUT2D eigenvalue weighted by Crippen LogP contribution is 2.26. The molecule has 2 aromatic heterocycles. The van der Waals surface area contributed by atoms with Crippen molar-refractivity contribution in [1.29, 1.82) is 0 Å². The predicted molar refractivity (Wildman–Crippen MR) is 60.2 cm³/mol. The van der Waals surface area contributed by atoms with Gasteiger partial charge in [-0.1, -0.05) is 0 Å². The van der Waals surface area contributed by atoms with Gasteiger partial charge in [0, 0.05) is 11.1 Å². The van der Waals surface area contributed by atoms with Gasteiger partial charge in [0.2, 0.25) is 0 Å². The molecule has 2 heterocycles. The van der Waals surface area contributed by atoms with E-state index in [9.17, 15) is 5.11 Å². The first-order valence-electron chi connectivity index (χ1n) is 4.89. The Labute approximate surface area is 97.7 Å². The molecule has 84 valence electrons. The number of aromatic nitrogens is 2. The van der Waals surface area contributed by atoms with Gasteiger partial charge in [0.05, 0.1) is 17.5 Å². The van der Waals surface area contributed by atoms with Crippen molar-refractivity contribution < 1.29 is 9.52 Å². The lowest BCUT2D eigenvalue weighted by atomic mass is 10.2. The number of hydrogen-bond acceptors (Lipinski definition) is 5. The SMILES string of the molecule is Cc1coc(Sc2ccc([C@H](C)O)nc2)n1. The highest BCUT2D eigenvalue weighted by molar-refractivity contribution is 7.99. The lowest BCUT2D eigenvalue weighted by molar-refractivity contribution is 0.194. The van der Waals surface area contributed by atoms with Crippen LogP contribution in [0.4, 0.5) is 0 Å². The largest absolute Gasteiger partial charge is 0.439 e. The van der Waals surface area contributed by atoms with E-state index in [1.54, 1.807) is 25.5 Å². The van der Waals surface area contributed by atoms with Gasteiger partial charge in [0.15, 0.2) is 0 Å². The second kappa shape index (κ2) is 4.67. The average molecular weight is 236 g/mol. The highest BCUT2D eigenvalue weighted by Gasteiger charge is 2.06. The second-order valence-corrected chi connectivity index (χ2v) is 4.48. The van der Waals surface area contributed by atoms with E-state index in [1.165, 1.54) is 11.8 Å². The molecule has 0 aromatic carbocycles. The summed E-state index contributed by atoms with van der Waals surface area (Å²) in [5, 5.41) is 9.91. The topological polar surface area (TPSA) is 59.2 Å². The monoisotopic (exact) mass is 236 g/mol. The first kappa shape index (κ1) is 11.2. The van der Waals surface area contributed by atoms with Crippen LogP contribution in [0.15, 0.2) is 39.1 Å². The van der Waals surface area contributed by atoms with Crippen LogP contribution in [0.25, 0.3) is 0 Å². The van der Waals surface area contributed by atoms with Crippen molar-refractivity contribution in [2.75, 3.05) is 0 Å². The zero-order valence-corrected chi connectivity index (χ0v) is 9.86. The number of aliphatic hydroxyl groups excluding tert-OH is 1. The molecule has 16 heavy (non-hydrogen) atoms. The van der Waals surface area contributed by atoms with E-state index >= 15 is 0 Å². The molecule has 0 aliphatic rings. The summed E-state index contributed by atoms with van der Waals surface area (Å²) < 4.78 is 5.22. The molecule has 0 aliphatic heterocycles. The van der Waals surface area contributed by atoms with Crippen molar-refractivity contribution in [2.24, 2.45) is 0 Å². The van der Waals surface area contributed by atoms with Gasteiger partial charge in [0.1, 0.15) is 6.26 Å². The minimum Gasteiger partial charge on any atom is -0.439 e. The number of hydrogen-bond donors (Lipinski definition) is 1. The summed E-state index contributed by atoms with van der Waals surface area (Å²) in [5.74, 6) is 0. The molecule has 0 bridgehead atoms. The van der Waals surface area contributed by atoms with Crippen molar-refractivity contribution in [3.8, 4) is 0 Å². The summed E-state index contributed by atoms with van der Waals surface area (Å²) in [7, 11) is 0. The minimum absolute atomic E-state index is 0.539. The fraction of sp³-hybridized carbons (Fsp3) is 0.273. The van der Waals surface area contributed by atoms with Gasteiger partial charge in [-0.15, -0.1) is 0 Å². The first-order valence-corrected chi connectivity index (χ1v) is 5.71. The molecule has 0 unspecified atom stereocenters. The molecule has 0 saturated heterocycles. The van der Waals surface area contributed by atoms with Gasteiger partial charge in [0.25, 0.3) is 5.22 Å². The van der Waals surface area contributed by atoms with Crippen LogP contribution in [-0.2, 0) is 0 Å². The number of aryl methyl sites for hydroxylation is 1.